The minimum Gasteiger partial charge on any atom is -0.374 e. The minimum absolute atomic E-state index is 0.0643. The number of thiophene rings is 1. The summed E-state index contributed by atoms with van der Waals surface area (Å²) in [6, 6.07) is 4.76. The molecule has 88 valence electrons. The molecule has 0 saturated carbocycles. The van der Waals surface area contributed by atoms with E-state index in [4.69, 9.17) is 4.74 Å². The standard InChI is InChI=1S/C12H10FNO2S/c13-12(7-16-8-12)9-1-2-11(15)14(5-9)10-3-4-17-6-10/h1-6H,7-8H2. The minimum atomic E-state index is -1.44. The number of pyridine rings is 1. The lowest BCUT2D eigenvalue weighted by Crippen LogP contribution is -2.43. The second kappa shape index (κ2) is 3.78. The van der Waals surface area contributed by atoms with Gasteiger partial charge < -0.3 is 4.74 Å². The van der Waals surface area contributed by atoms with Crippen molar-refractivity contribution in [1.29, 1.82) is 0 Å². The van der Waals surface area contributed by atoms with Crippen molar-refractivity contribution in [3.8, 4) is 5.69 Å². The van der Waals surface area contributed by atoms with Gasteiger partial charge in [0.15, 0.2) is 5.67 Å². The average molecular weight is 251 g/mol. The number of rotatable bonds is 2. The van der Waals surface area contributed by atoms with E-state index < -0.39 is 5.67 Å². The van der Waals surface area contributed by atoms with Gasteiger partial charge in [0.2, 0.25) is 0 Å². The molecular weight excluding hydrogens is 241 g/mol. The summed E-state index contributed by atoms with van der Waals surface area (Å²) in [7, 11) is 0. The van der Waals surface area contributed by atoms with Crippen molar-refractivity contribution in [1.82, 2.24) is 4.57 Å². The first kappa shape index (κ1) is 10.7. The summed E-state index contributed by atoms with van der Waals surface area (Å²) in [5, 5.41) is 3.74. The van der Waals surface area contributed by atoms with Crippen LogP contribution in [0.3, 0.4) is 0 Å². The molecule has 3 rings (SSSR count). The summed E-state index contributed by atoms with van der Waals surface area (Å²) in [6.07, 6.45) is 1.56. The maximum Gasteiger partial charge on any atom is 0.255 e. The van der Waals surface area contributed by atoms with E-state index in [0.717, 1.165) is 5.69 Å². The van der Waals surface area contributed by atoms with E-state index in [1.54, 1.807) is 6.20 Å². The van der Waals surface area contributed by atoms with Gasteiger partial charge in [0.25, 0.3) is 5.56 Å². The molecule has 3 heterocycles. The Kier molecular flexibility index (Phi) is 2.38. The van der Waals surface area contributed by atoms with E-state index in [1.165, 1.54) is 28.0 Å². The number of hydrogen-bond donors (Lipinski definition) is 0. The zero-order valence-corrected chi connectivity index (χ0v) is 9.74. The Hall–Kier alpha value is -1.46. The highest BCUT2D eigenvalue weighted by atomic mass is 32.1. The quantitative estimate of drug-likeness (QED) is 0.818. The lowest BCUT2D eigenvalue weighted by molar-refractivity contribution is -0.135. The molecule has 1 aliphatic heterocycles. The van der Waals surface area contributed by atoms with Gasteiger partial charge in [-0.2, -0.15) is 11.3 Å². The molecule has 2 aromatic rings. The fourth-order valence-electron chi connectivity index (χ4n) is 1.80. The van der Waals surface area contributed by atoms with Crippen molar-refractivity contribution < 1.29 is 9.13 Å². The highest BCUT2D eigenvalue weighted by molar-refractivity contribution is 7.08. The molecule has 0 N–H and O–H groups in total. The van der Waals surface area contributed by atoms with Gasteiger partial charge in [-0.25, -0.2) is 4.39 Å². The van der Waals surface area contributed by atoms with Crippen LogP contribution in [0.5, 0.6) is 0 Å². The summed E-state index contributed by atoms with van der Waals surface area (Å²) in [5.74, 6) is 0. The number of ether oxygens (including phenoxy) is 1. The van der Waals surface area contributed by atoms with Crippen LogP contribution >= 0.6 is 11.3 Å². The lowest BCUT2D eigenvalue weighted by atomic mass is 9.96. The molecule has 0 bridgehead atoms. The van der Waals surface area contributed by atoms with Crippen LogP contribution < -0.4 is 5.56 Å². The fourth-order valence-corrected chi connectivity index (χ4v) is 2.42. The van der Waals surface area contributed by atoms with Gasteiger partial charge in [-0.1, -0.05) is 0 Å². The highest BCUT2D eigenvalue weighted by Crippen LogP contribution is 2.33. The summed E-state index contributed by atoms with van der Waals surface area (Å²) < 4.78 is 20.5. The molecule has 0 amide bonds. The Balaban J connectivity index is 2.10. The second-order valence-electron chi connectivity index (χ2n) is 4.07. The van der Waals surface area contributed by atoms with Crippen molar-refractivity contribution in [3.05, 3.63) is 51.1 Å². The molecule has 3 nitrogen and oxygen atoms in total. The molecule has 0 aliphatic carbocycles. The molecular formula is C12H10FNO2S. The first-order chi connectivity index (χ1) is 8.19. The van der Waals surface area contributed by atoms with Gasteiger partial charge in [-0.05, 0) is 17.5 Å². The number of hydrogen-bond acceptors (Lipinski definition) is 3. The number of alkyl halides is 1. The Morgan fingerprint density at radius 1 is 1.35 bits per heavy atom. The van der Waals surface area contributed by atoms with E-state index >= 15 is 0 Å². The van der Waals surface area contributed by atoms with Crippen LogP contribution in [-0.4, -0.2) is 17.8 Å². The summed E-state index contributed by atoms with van der Waals surface area (Å²) >= 11 is 1.50. The van der Waals surface area contributed by atoms with Crippen molar-refractivity contribution >= 4 is 11.3 Å². The molecule has 5 heteroatoms. The monoisotopic (exact) mass is 251 g/mol. The van der Waals surface area contributed by atoms with E-state index in [0.29, 0.717) is 5.56 Å². The smallest absolute Gasteiger partial charge is 0.255 e. The Morgan fingerprint density at radius 2 is 2.18 bits per heavy atom. The van der Waals surface area contributed by atoms with Gasteiger partial charge in [0.05, 0.1) is 18.9 Å². The van der Waals surface area contributed by atoms with Crippen LogP contribution in [0, 0.1) is 0 Å². The molecule has 0 spiro atoms. The SMILES string of the molecule is O=c1ccc(C2(F)COC2)cn1-c1ccsc1. The third-order valence-electron chi connectivity index (χ3n) is 2.87. The predicted octanol–water partition coefficient (Wildman–Crippen LogP) is 2.09. The van der Waals surface area contributed by atoms with E-state index in [1.807, 2.05) is 16.8 Å². The molecule has 1 fully saturated rings. The van der Waals surface area contributed by atoms with Gasteiger partial charge in [0, 0.05) is 23.2 Å². The van der Waals surface area contributed by atoms with Crippen LogP contribution in [0.15, 0.2) is 40.0 Å². The topological polar surface area (TPSA) is 31.2 Å². The van der Waals surface area contributed by atoms with Crippen molar-refractivity contribution in [3.63, 3.8) is 0 Å². The number of halogens is 1. The van der Waals surface area contributed by atoms with Gasteiger partial charge in [-0.15, -0.1) is 0 Å². The van der Waals surface area contributed by atoms with Crippen LogP contribution in [0.2, 0.25) is 0 Å². The summed E-state index contributed by atoms with van der Waals surface area (Å²) in [5.41, 5.74) is -0.331. The maximum atomic E-state index is 14.2. The normalized spacial score (nSPS) is 17.7. The van der Waals surface area contributed by atoms with Gasteiger partial charge in [-0.3, -0.25) is 9.36 Å². The summed E-state index contributed by atoms with van der Waals surface area (Å²) in [6.45, 7) is 0.129. The largest absolute Gasteiger partial charge is 0.374 e. The Morgan fingerprint density at radius 3 is 2.76 bits per heavy atom. The third-order valence-corrected chi connectivity index (χ3v) is 3.55. The van der Waals surface area contributed by atoms with Crippen LogP contribution in [0.4, 0.5) is 4.39 Å². The predicted molar refractivity (Wildman–Crippen MR) is 63.5 cm³/mol. The van der Waals surface area contributed by atoms with Gasteiger partial charge in [0.1, 0.15) is 0 Å². The van der Waals surface area contributed by atoms with Crippen molar-refractivity contribution in [2.45, 2.75) is 5.67 Å². The lowest BCUT2D eigenvalue weighted by Gasteiger charge is -2.34. The Labute approximate surface area is 101 Å². The first-order valence-electron chi connectivity index (χ1n) is 5.21. The molecule has 0 unspecified atom stereocenters. The molecule has 0 radical (unpaired) electrons. The maximum absolute atomic E-state index is 14.2. The van der Waals surface area contributed by atoms with Crippen LogP contribution in [-0.2, 0) is 10.4 Å². The van der Waals surface area contributed by atoms with Gasteiger partial charge >= 0.3 is 0 Å². The van der Waals surface area contributed by atoms with E-state index in [2.05, 4.69) is 0 Å². The molecule has 1 aliphatic rings. The first-order valence-corrected chi connectivity index (χ1v) is 6.16. The zero-order valence-electron chi connectivity index (χ0n) is 8.93. The summed E-state index contributed by atoms with van der Waals surface area (Å²) in [4.78, 5) is 11.7. The van der Waals surface area contributed by atoms with E-state index in [9.17, 15) is 9.18 Å². The third kappa shape index (κ3) is 1.71. The number of aromatic nitrogens is 1. The molecule has 1 saturated heterocycles. The molecule has 2 aromatic heterocycles. The average Bonchev–Trinajstić information content (AvgIpc) is 2.80. The Bertz CT molecular complexity index is 587. The van der Waals surface area contributed by atoms with Crippen LogP contribution in [0.25, 0.3) is 5.69 Å². The van der Waals surface area contributed by atoms with E-state index in [-0.39, 0.29) is 18.8 Å². The molecule has 0 aromatic carbocycles. The highest BCUT2D eigenvalue weighted by Gasteiger charge is 2.41. The zero-order chi connectivity index (χ0) is 11.9. The van der Waals surface area contributed by atoms with Crippen molar-refractivity contribution in [2.24, 2.45) is 0 Å². The molecule has 0 atom stereocenters. The van der Waals surface area contributed by atoms with Crippen LogP contribution in [0.1, 0.15) is 5.56 Å². The second-order valence-corrected chi connectivity index (χ2v) is 4.85. The molecule has 17 heavy (non-hydrogen) atoms. The van der Waals surface area contributed by atoms with Crippen molar-refractivity contribution in [2.75, 3.05) is 13.2 Å². The fraction of sp³-hybridized carbons (Fsp3) is 0.250. The number of nitrogens with zero attached hydrogens (tertiary/aromatic N) is 1.